The van der Waals surface area contributed by atoms with E-state index >= 15 is 0 Å². The Morgan fingerprint density at radius 3 is 2.34 bits per heavy atom. The molecule has 12 heteroatoms. The molecule has 2 aromatic rings. The number of halogens is 4. The molecule has 7 nitrogen and oxygen atoms in total. The number of anilines is 1. The van der Waals surface area contributed by atoms with Gasteiger partial charge < -0.3 is 10.2 Å². The molecule has 0 saturated heterocycles. The number of benzene rings is 2. The van der Waals surface area contributed by atoms with Gasteiger partial charge in [0, 0.05) is 17.6 Å². The van der Waals surface area contributed by atoms with Crippen LogP contribution in [0.15, 0.2) is 53.0 Å². The Balaban J connectivity index is 2.43. The zero-order valence-electron chi connectivity index (χ0n) is 19.5. The monoisotopic (exact) mass is 577 g/mol. The molecular weight excluding hydrogens is 551 g/mol. The van der Waals surface area contributed by atoms with Crippen molar-refractivity contribution in [1.82, 2.24) is 10.2 Å². The van der Waals surface area contributed by atoms with E-state index in [4.69, 9.17) is 0 Å². The third kappa shape index (κ3) is 8.24. The van der Waals surface area contributed by atoms with Gasteiger partial charge >= 0.3 is 6.18 Å². The SMILES string of the molecule is CCCNC(=O)[C@H](C)N(Cc1cccc(Br)c1)C(=O)CN(c1cccc(C(F)(F)F)c1)S(C)(=O)=O. The van der Waals surface area contributed by atoms with Crippen molar-refractivity contribution in [3.05, 3.63) is 64.1 Å². The molecule has 2 rings (SSSR count). The second kappa shape index (κ2) is 11.9. The molecule has 0 aliphatic rings. The van der Waals surface area contributed by atoms with Crippen molar-refractivity contribution < 1.29 is 31.2 Å². The van der Waals surface area contributed by atoms with Gasteiger partial charge in [0.2, 0.25) is 21.8 Å². The summed E-state index contributed by atoms with van der Waals surface area (Å²) in [4.78, 5) is 27.2. The van der Waals surface area contributed by atoms with Crippen LogP contribution in [0.4, 0.5) is 18.9 Å². The zero-order chi connectivity index (χ0) is 26.4. The van der Waals surface area contributed by atoms with Crippen molar-refractivity contribution in [3.8, 4) is 0 Å². The van der Waals surface area contributed by atoms with E-state index in [2.05, 4.69) is 21.2 Å². The second-order valence-corrected chi connectivity index (χ2v) is 10.8. The first-order valence-electron chi connectivity index (χ1n) is 10.7. The van der Waals surface area contributed by atoms with Gasteiger partial charge in [-0.25, -0.2) is 8.42 Å². The van der Waals surface area contributed by atoms with Crippen LogP contribution in [-0.4, -0.2) is 50.5 Å². The van der Waals surface area contributed by atoms with Crippen LogP contribution in [0.3, 0.4) is 0 Å². The average Bonchev–Trinajstić information content (AvgIpc) is 2.77. The zero-order valence-corrected chi connectivity index (χ0v) is 21.9. The van der Waals surface area contributed by atoms with Gasteiger partial charge in [-0.3, -0.25) is 13.9 Å². The van der Waals surface area contributed by atoms with E-state index in [1.165, 1.54) is 17.9 Å². The minimum atomic E-state index is -4.69. The van der Waals surface area contributed by atoms with Gasteiger partial charge in [-0.2, -0.15) is 13.2 Å². The molecule has 1 atom stereocenters. The van der Waals surface area contributed by atoms with Crippen molar-refractivity contribution in [2.24, 2.45) is 0 Å². The number of amides is 2. The first-order chi connectivity index (χ1) is 16.2. The molecule has 2 aromatic carbocycles. The Hall–Kier alpha value is -2.60. The highest BCUT2D eigenvalue weighted by Crippen LogP contribution is 2.32. The summed E-state index contributed by atoms with van der Waals surface area (Å²) in [5, 5.41) is 2.70. The summed E-state index contributed by atoms with van der Waals surface area (Å²) >= 11 is 3.35. The summed E-state index contributed by atoms with van der Waals surface area (Å²) in [5.41, 5.74) is -0.677. The molecule has 0 bridgehead atoms. The fourth-order valence-corrected chi connectivity index (χ4v) is 4.55. The standard InChI is InChI=1S/C23H27BrF3N3O4S/c1-4-11-28-22(32)16(2)29(14-17-7-5-9-19(24)12-17)21(31)15-30(35(3,33)34)20-10-6-8-18(13-20)23(25,26)27/h5-10,12-13,16H,4,11,14-15H2,1-3H3,(H,28,32)/t16-/m0/s1. The normalized spacial score (nSPS) is 12.7. The van der Waals surface area contributed by atoms with E-state index in [0.29, 0.717) is 28.9 Å². The number of hydrogen-bond acceptors (Lipinski definition) is 4. The molecule has 192 valence electrons. The van der Waals surface area contributed by atoms with Gasteiger partial charge in [0.1, 0.15) is 12.6 Å². The molecule has 1 N–H and O–H groups in total. The maximum Gasteiger partial charge on any atom is 0.416 e. The van der Waals surface area contributed by atoms with Crippen LogP contribution in [0.5, 0.6) is 0 Å². The Morgan fingerprint density at radius 2 is 1.77 bits per heavy atom. The molecular formula is C23H27BrF3N3O4S. The number of hydrogen-bond donors (Lipinski definition) is 1. The van der Waals surface area contributed by atoms with Gasteiger partial charge in [0.25, 0.3) is 0 Å². The van der Waals surface area contributed by atoms with Crippen LogP contribution in [0.2, 0.25) is 0 Å². The molecule has 0 spiro atoms. The number of nitrogens with one attached hydrogen (secondary N) is 1. The van der Waals surface area contributed by atoms with E-state index in [1.807, 2.05) is 6.92 Å². The lowest BCUT2D eigenvalue weighted by Gasteiger charge is -2.31. The molecule has 0 aliphatic carbocycles. The van der Waals surface area contributed by atoms with Crippen LogP contribution >= 0.6 is 15.9 Å². The Bertz CT molecular complexity index is 1160. The lowest BCUT2D eigenvalue weighted by atomic mass is 10.1. The smallest absolute Gasteiger partial charge is 0.354 e. The molecule has 0 saturated carbocycles. The largest absolute Gasteiger partial charge is 0.416 e. The third-order valence-corrected chi connectivity index (χ3v) is 6.73. The van der Waals surface area contributed by atoms with Crippen molar-refractivity contribution in [3.63, 3.8) is 0 Å². The van der Waals surface area contributed by atoms with E-state index in [9.17, 15) is 31.2 Å². The maximum atomic E-state index is 13.4. The molecule has 0 heterocycles. The van der Waals surface area contributed by atoms with Gasteiger partial charge in [-0.15, -0.1) is 0 Å². The predicted octanol–water partition coefficient (Wildman–Crippen LogP) is 4.18. The summed E-state index contributed by atoms with van der Waals surface area (Å²) in [6, 6.07) is 9.79. The van der Waals surface area contributed by atoms with Crippen molar-refractivity contribution >= 4 is 43.5 Å². The van der Waals surface area contributed by atoms with Gasteiger partial charge in [0.15, 0.2) is 0 Å². The van der Waals surface area contributed by atoms with Crippen molar-refractivity contribution in [1.29, 1.82) is 0 Å². The van der Waals surface area contributed by atoms with Crippen LogP contribution < -0.4 is 9.62 Å². The maximum absolute atomic E-state index is 13.4. The van der Waals surface area contributed by atoms with Crippen LogP contribution in [-0.2, 0) is 32.3 Å². The minimum Gasteiger partial charge on any atom is -0.354 e. The molecule has 0 aliphatic heterocycles. The number of nitrogens with zero attached hydrogens (tertiary/aromatic N) is 2. The van der Waals surface area contributed by atoms with Gasteiger partial charge in [-0.05, 0) is 49.2 Å². The summed E-state index contributed by atoms with van der Waals surface area (Å²) in [7, 11) is -4.14. The molecule has 0 unspecified atom stereocenters. The second-order valence-electron chi connectivity index (χ2n) is 7.94. The summed E-state index contributed by atoms with van der Waals surface area (Å²) in [6.07, 6.45) is -3.21. The van der Waals surface area contributed by atoms with Crippen LogP contribution in [0.25, 0.3) is 0 Å². The number of sulfonamides is 1. The van der Waals surface area contributed by atoms with Crippen LogP contribution in [0.1, 0.15) is 31.4 Å². The highest BCUT2D eigenvalue weighted by molar-refractivity contribution is 9.10. The lowest BCUT2D eigenvalue weighted by Crippen LogP contribution is -2.51. The van der Waals surface area contributed by atoms with E-state index in [1.54, 1.807) is 24.3 Å². The quantitative estimate of drug-likeness (QED) is 0.459. The summed E-state index contributed by atoms with van der Waals surface area (Å²) < 4.78 is 65.9. The lowest BCUT2D eigenvalue weighted by molar-refractivity contribution is -0.139. The van der Waals surface area contributed by atoms with E-state index < -0.39 is 46.2 Å². The first-order valence-corrected chi connectivity index (χ1v) is 13.3. The first kappa shape index (κ1) is 28.6. The molecule has 0 fully saturated rings. The van der Waals surface area contributed by atoms with Gasteiger partial charge in [-0.1, -0.05) is 41.1 Å². The Morgan fingerprint density at radius 1 is 1.11 bits per heavy atom. The number of alkyl halides is 3. The number of rotatable bonds is 10. The Kier molecular flexibility index (Phi) is 9.73. The topological polar surface area (TPSA) is 86.8 Å². The molecule has 0 aromatic heterocycles. The minimum absolute atomic E-state index is 0.0147. The fourth-order valence-electron chi connectivity index (χ4n) is 3.26. The highest BCUT2D eigenvalue weighted by Gasteiger charge is 2.33. The van der Waals surface area contributed by atoms with Crippen molar-refractivity contribution in [2.75, 3.05) is 23.7 Å². The van der Waals surface area contributed by atoms with E-state index in [0.717, 1.165) is 22.9 Å². The van der Waals surface area contributed by atoms with Crippen molar-refractivity contribution in [2.45, 2.75) is 39.0 Å². The predicted molar refractivity (Wildman–Crippen MR) is 131 cm³/mol. The average molecular weight is 578 g/mol. The fraction of sp³-hybridized carbons (Fsp3) is 0.391. The number of carbonyl (C=O) groups excluding carboxylic acids is 2. The molecule has 2 amide bonds. The summed E-state index contributed by atoms with van der Waals surface area (Å²) in [5.74, 6) is -1.17. The molecule has 35 heavy (non-hydrogen) atoms. The summed E-state index contributed by atoms with van der Waals surface area (Å²) in [6.45, 7) is 2.98. The highest BCUT2D eigenvalue weighted by atomic mass is 79.9. The Labute approximate surface area is 211 Å². The van der Waals surface area contributed by atoms with E-state index in [-0.39, 0.29) is 12.2 Å². The van der Waals surface area contributed by atoms with Gasteiger partial charge in [0.05, 0.1) is 17.5 Å². The van der Waals surface area contributed by atoms with Crippen LogP contribution in [0, 0.1) is 0 Å². The third-order valence-electron chi connectivity index (χ3n) is 5.10. The molecule has 0 radical (unpaired) electrons. The number of carbonyl (C=O) groups is 2.